The van der Waals surface area contributed by atoms with Crippen LogP contribution in [0.25, 0.3) is 11.0 Å². The third-order valence-electron chi connectivity index (χ3n) is 7.07. The molecular weight excluding hydrogens is 438 g/mol. The highest BCUT2D eigenvalue weighted by atomic mass is 35.5. The van der Waals surface area contributed by atoms with Gasteiger partial charge in [-0.25, -0.2) is 0 Å². The molecule has 1 fully saturated rings. The van der Waals surface area contributed by atoms with Gasteiger partial charge in [0, 0.05) is 17.5 Å². The van der Waals surface area contributed by atoms with Crippen LogP contribution in [0.3, 0.4) is 0 Å². The normalized spacial score (nSPS) is 18.5. The van der Waals surface area contributed by atoms with Crippen LogP contribution in [0.5, 0.6) is 0 Å². The summed E-state index contributed by atoms with van der Waals surface area (Å²) in [6.45, 7) is 5.82. The van der Waals surface area contributed by atoms with E-state index in [-0.39, 0.29) is 17.2 Å². The van der Waals surface area contributed by atoms with Crippen molar-refractivity contribution in [2.24, 2.45) is 0 Å². The zero-order valence-electron chi connectivity index (χ0n) is 18.4. The third kappa shape index (κ3) is 3.49. The lowest BCUT2D eigenvalue weighted by Gasteiger charge is -2.44. The Balaban J connectivity index is 1.33. The Labute approximate surface area is 197 Å². The quantitative estimate of drug-likeness (QED) is 0.465. The van der Waals surface area contributed by atoms with Crippen molar-refractivity contribution in [3.05, 3.63) is 75.8 Å². The second-order valence-corrected chi connectivity index (χ2v) is 9.69. The SMILES string of the molecule is C=C1Nc2c(Cl)cc3cc(C(=O)NCc4ccc5c(c4)COC5)oc3c2C2(CCCCC2)N1. The summed E-state index contributed by atoms with van der Waals surface area (Å²) in [5.74, 6) is 0.788. The molecule has 1 amide bonds. The van der Waals surface area contributed by atoms with E-state index in [2.05, 4.69) is 34.7 Å². The first-order valence-corrected chi connectivity index (χ1v) is 11.9. The Kier molecular flexibility index (Phi) is 4.89. The zero-order chi connectivity index (χ0) is 22.6. The summed E-state index contributed by atoms with van der Waals surface area (Å²) in [6, 6.07) is 9.83. The number of fused-ring (bicyclic) bond motifs is 5. The number of carbonyl (C=O) groups is 1. The number of hydrogen-bond donors (Lipinski definition) is 3. The molecule has 170 valence electrons. The average Bonchev–Trinajstić information content (AvgIpc) is 3.44. The Morgan fingerprint density at radius 1 is 1.12 bits per heavy atom. The molecule has 1 aromatic heterocycles. The van der Waals surface area contributed by atoms with Gasteiger partial charge in [0.25, 0.3) is 5.91 Å². The van der Waals surface area contributed by atoms with Crippen molar-refractivity contribution in [3.63, 3.8) is 0 Å². The molecule has 0 unspecified atom stereocenters. The molecule has 6 nitrogen and oxygen atoms in total. The minimum Gasteiger partial charge on any atom is -0.450 e. The summed E-state index contributed by atoms with van der Waals surface area (Å²) < 4.78 is 11.7. The Bertz CT molecular complexity index is 1290. The lowest BCUT2D eigenvalue weighted by Crippen LogP contribution is -2.48. The second-order valence-electron chi connectivity index (χ2n) is 9.29. The van der Waals surface area contributed by atoms with E-state index < -0.39 is 0 Å². The van der Waals surface area contributed by atoms with E-state index in [4.69, 9.17) is 20.8 Å². The summed E-state index contributed by atoms with van der Waals surface area (Å²) in [6.07, 6.45) is 5.39. The van der Waals surface area contributed by atoms with Gasteiger partial charge in [0.1, 0.15) is 5.58 Å². The molecule has 0 bridgehead atoms. The lowest BCUT2D eigenvalue weighted by atomic mass is 9.74. The molecule has 0 atom stereocenters. The van der Waals surface area contributed by atoms with Gasteiger partial charge in [-0.1, -0.05) is 55.6 Å². The minimum absolute atomic E-state index is 0.244. The molecule has 3 aromatic rings. The molecule has 1 aliphatic carbocycles. The van der Waals surface area contributed by atoms with Crippen LogP contribution in [-0.2, 0) is 30.0 Å². The van der Waals surface area contributed by atoms with Crippen molar-refractivity contribution in [1.82, 2.24) is 10.6 Å². The van der Waals surface area contributed by atoms with Crippen molar-refractivity contribution in [1.29, 1.82) is 0 Å². The fraction of sp³-hybridized carbons (Fsp3) is 0.346. The van der Waals surface area contributed by atoms with Crippen LogP contribution in [0.1, 0.15) is 64.9 Å². The fourth-order valence-corrected chi connectivity index (χ4v) is 5.77. The first-order valence-electron chi connectivity index (χ1n) is 11.5. The van der Waals surface area contributed by atoms with Crippen LogP contribution >= 0.6 is 11.6 Å². The summed E-state index contributed by atoms with van der Waals surface area (Å²) in [5.41, 5.74) is 5.71. The summed E-state index contributed by atoms with van der Waals surface area (Å²) >= 11 is 6.68. The first-order chi connectivity index (χ1) is 16.0. The van der Waals surface area contributed by atoms with Gasteiger partial charge in [0.2, 0.25) is 0 Å². The Morgan fingerprint density at radius 2 is 1.94 bits per heavy atom. The molecule has 1 saturated carbocycles. The van der Waals surface area contributed by atoms with Crippen LogP contribution in [0.2, 0.25) is 5.02 Å². The van der Waals surface area contributed by atoms with Crippen molar-refractivity contribution < 1.29 is 13.9 Å². The van der Waals surface area contributed by atoms with Crippen LogP contribution in [0.15, 0.2) is 47.1 Å². The average molecular weight is 464 g/mol. The molecular formula is C26H26ClN3O3. The molecule has 6 rings (SSSR count). The first kappa shape index (κ1) is 20.6. The number of hydrogen-bond acceptors (Lipinski definition) is 5. The largest absolute Gasteiger partial charge is 0.450 e. The highest BCUT2D eigenvalue weighted by molar-refractivity contribution is 6.34. The number of halogens is 1. The predicted molar refractivity (Wildman–Crippen MR) is 128 cm³/mol. The van der Waals surface area contributed by atoms with Crippen LogP contribution < -0.4 is 16.0 Å². The van der Waals surface area contributed by atoms with E-state index in [0.29, 0.717) is 30.4 Å². The summed E-state index contributed by atoms with van der Waals surface area (Å²) in [7, 11) is 0. The van der Waals surface area contributed by atoms with Crippen LogP contribution in [-0.4, -0.2) is 5.91 Å². The topological polar surface area (TPSA) is 75.5 Å². The minimum atomic E-state index is -0.281. The fourth-order valence-electron chi connectivity index (χ4n) is 5.51. The molecule has 3 N–H and O–H groups in total. The maximum Gasteiger partial charge on any atom is 0.287 e. The Hall–Kier alpha value is -2.96. The van der Waals surface area contributed by atoms with E-state index in [1.54, 1.807) is 6.07 Å². The van der Waals surface area contributed by atoms with Gasteiger partial charge >= 0.3 is 0 Å². The van der Waals surface area contributed by atoms with Crippen molar-refractivity contribution in [2.75, 3.05) is 5.32 Å². The lowest BCUT2D eigenvalue weighted by molar-refractivity contribution is 0.0925. The van der Waals surface area contributed by atoms with Gasteiger partial charge in [-0.3, -0.25) is 4.79 Å². The van der Waals surface area contributed by atoms with Gasteiger partial charge in [-0.2, -0.15) is 0 Å². The number of carbonyl (C=O) groups excluding carboxylic acids is 1. The molecule has 7 heteroatoms. The van der Waals surface area contributed by atoms with Crippen molar-refractivity contribution in [2.45, 2.75) is 57.4 Å². The second kappa shape index (κ2) is 7.82. The number of nitrogens with one attached hydrogen (secondary N) is 3. The van der Waals surface area contributed by atoms with E-state index >= 15 is 0 Å². The highest BCUT2D eigenvalue weighted by Gasteiger charge is 2.42. The summed E-state index contributed by atoms with van der Waals surface area (Å²) in [4.78, 5) is 13.0. The molecule has 2 aliphatic heterocycles. The maximum atomic E-state index is 13.0. The number of ether oxygens (including phenoxy) is 1. The summed E-state index contributed by atoms with van der Waals surface area (Å²) in [5, 5.41) is 11.3. The Morgan fingerprint density at radius 3 is 2.79 bits per heavy atom. The van der Waals surface area contributed by atoms with Gasteiger partial charge in [0.15, 0.2) is 5.76 Å². The van der Waals surface area contributed by atoms with Gasteiger partial charge in [-0.05, 0) is 41.7 Å². The van der Waals surface area contributed by atoms with Gasteiger partial charge in [0.05, 0.1) is 35.3 Å². The van der Waals surface area contributed by atoms with Gasteiger partial charge < -0.3 is 25.1 Å². The number of furan rings is 1. The molecule has 1 spiro atoms. The van der Waals surface area contributed by atoms with Crippen molar-refractivity contribution in [3.8, 4) is 0 Å². The van der Waals surface area contributed by atoms with Gasteiger partial charge in [-0.15, -0.1) is 0 Å². The van der Waals surface area contributed by atoms with E-state index in [1.165, 1.54) is 17.5 Å². The van der Waals surface area contributed by atoms with Crippen LogP contribution in [0.4, 0.5) is 5.69 Å². The monoisotopic (exact) mass is 463 g/mol. The third-order valence-corrected chi connectivity index (χ3v) is 7.37. The number of benzene rings is 2. The number of amides is 1. The molecule has 0 radical (unpaired) electrons. The molecule has 3 aliphatic rings. The molecule has 0 saturated heterocycles. The number of anilines is 1. The van der Waals surface area contributed by atoms with E-state index in [1.807, 2.05) is 12.1 Å². The molecule has 2 aromatic carbocycles. The van der Waals surface area contributed by atoms with E-state index in [9.17, 15) is 4.79 Å². The highest BCUT2D eigenvalue weighted by Crippen LogP contribution is 2.49. The van der Waals surface area contributed by atoms with Crippen molar-refractivity contribution >= 4 is 34.2 Å². The smallest absolute Gasteiger partial charge is 0.287 e. The zero-order valence-corrected chi connectivity index (χ0v) is 19.1. The number of rotatable bonds is 3. The molecule has 3 heterocycles. The maximum absolute atomic E-state index is 13.0. The molecule has 33 heavy (non-hydrogen) atoms. The van der Waals surface area contributed by atoms with E-state index in [0.717, 1.165) is 53.7 Å². The van der Waals surface area contributed by atoms with Crippen LogP contribution in [0, 0.1) is 0 Å². The standard InChI is InChI=1S/C26H26ClN3O3/c1-15-29-23-20(27)10-18-11-21(33-24(18)22(23)26(30-15)7-3-2-4-8-26)25(31)28-12-16-5-6-17-13-32-14-19(17)9-16/h5-6,9-11,29-30H,1-4,7-8,12-14H2,(H,28,31). The predicted octanol–water partition coefficient (Wildman–Crippen LogP) is 5.69.